The Bertz CT molecular complexity index is 878. The molecule has 0 atom stereocenters. The molecule has 136 valence electrons. The molecular weight excluding hydrogens is 320 g/mol. The van der Waals surface area contributed by atoms with Crippen molar-refractivity contribution in [3.63, 3.8) is 0 Å². The molecule has 0 spiro atoms. The van der Waals surface area contributed by atoms with Crippen LogP contribution in [0.15, 0.2) is 48.2 Å². The lowest BCUT2D eigenvalue weighted by Crippen LogP contribution is -2.33. The molecule has 26 heavy (non-hydrogen) atoms. The van der Waals surface area contributed by atoms with Gasteiger partial charge in [-0.15, -0.1) is 4.91 Å². The van der Waals surface area contributed by atoms with Crippen LogP contribution in [0.1, 0.15) is 64.2 Å². The van der Waals surface area contributed by atoms with E-state index in [2.05, 4.69) is 63.0 Å². The van der Waals surface area contributed by atoms with Crippen molar-refractivity contribution in [3.8, 4) is 0 Å². The van der Waals surface area contributed by atoms with Crippen molar-refractivity contribution >= 4 is 22.6 Å². The van der Waals surface area contributed by atoms with Gasteiger partial charge in [-0.25, -0.2) is 0 Å². The highest BCUT2D eigenvalue weighted by Crippen LogP contribution is 2.46. The number of benzene rings is 2. The van der Waals surface area contributed by atoms with Gasteiger partial charge < -0.3 is 5.32 Å². The molecule has 2 aromatic carbocycles. The van der Waals surface area contributed by atoms with Crippen LogP contribution in [0.25, 0.3) is 5.57 Å². The van der Waals surface area contributed by atoms with Crippen molar-refractivity contribution in [3.05, 3.63) is 64.6 Å². The van der Waals surface area contributed by atoms with Crippen molar-refractivity contribution in [1.29, 1.82) is 0 Å². The van der Waals surface area contributed by atoms with Gasteiger partial charge in [-0.3, -0.25) is 0 Å². The van der Waals surface area contributed by atoms with Gasteiger partial charge in [0.15, 0.2) is 0 Å². The summed E-state index contributed by atoms with van der Waals surface area (Å²) in [7, 11) is 0. The molecule has 0 unspecified atom stereocenters. The Morgan fingerprint density at radius 3 is 2.27 bits per heavy atom. The monoisotopic (exact) mass is 348 g/mol. The van der Waals surface area contributed by atoms with E-state index in [4.69, 9.17) is 0 Å². The predicted molar refractivity (Wildman–Crippen MR) is 112 cm³/mol. The summed E-state index contributed by atoms with van der Waals surface area (Å²) in [6, 6.07) is 12.2. The molecule has 1 aliphatic carbocycles. The van der Waals surface area contributed by atoms with Crippen LogP contribution in [-0.2, 0) is 10.8 Å². The van der Waals surface area contributed by atoms with Gasteiger partial charge in [-0.1, -0.05) is 52.0 Å². The smallest absolute Gasteiger partial charge is 0.132 e. The SMILES string of the molecule is C=C(C)c1ccc(Nc2ccc3c(c2)C(C)(C)CCC3(C)C)c(N=O)c1. The molecule has 0 amide bonds. The molecule has 3 rings (SSSR count). The Labute approximate surface area is 156 Å². The molecule has 0 radical (unpaired) electrons. The first-order valence-corrected chi connectivity index (χ1v) is 9.19. The highest BCUT2D eigenvalue weighted by atomic mass is 16.3. The van der Waals surface area contributed by atoms with Gasteiger partial charge in [-0.2, -0.15) is 0 Å². The van der Waals surface area contributed by atoms with Crippen molar-refractivity contribution in [2.75, 3.05) is 5.32 Å². The number of nitrogens with one attached hydrogen (secondary N) is 1. The van der Waals surface area contributed by atoms with E-state index in [-0.39, 0.29) is 10.8 Å². The maximum Gasteiger partial charge on any atom is 0.132 e. The average molecular weight is 348 g/mol. The fraction of sp³-hybridized carbons (Fsp3) is 0.391. The van der Waals surface area contributed by atoms with Gasteiger partial charge in [0, 0.05) is 5.69 Å². The predicted octanol–water partition coefficient (Wildman–Crippen LogP) is 7.21. The number of fused-ring (bicyclic) bond motifs is 1. The van der Waals surface area contributed by atoms with Gasteiger partial charge in [0.25, 0.3) is 0 Å². The molecule has 0 aromatic heterocycles. The summed E-state index contributed by atoms with van der Waals surface area (Å²) in [6.07, 6.45) is 2.37. The van der Waals surface area contributed by atoms with Crippen LogP contribution in [0.3, 0.4) is 0 Å². The molecule has 1 aliphatic rings. The highest BCUT2D eigenvalue weighted by molar-refractivity contribution is 5.77. The van der Waals surface area contributed by atoms with Crippen molar-refractivity contribution in [2.45, 2.75) is 58.3 Å². The largest absolute Gasteiger partial charge is 0.354 e. The number of nitrogens with zero attached hydrogens (tertiary/aromatic N) is 1. The molecule has 0 heterocycles. The second-order valence-corrected chi connectivity index (χ2v) is 8.76. The topological polar surface area (TPSA) is 41.5 Å². The van der Waals surface area contributed by atoms with Crippen molar-refractivity contribution in [2.24, 2.45) is 5.18 Å². The normalized spacial score (nSPS) is 17.3. The lowest BCUT2D eigenvalue weighted by atomic mass is 9.63. The number of anilines is 2. The molecule has 0 fully saturated rings. The van der Waals surface area contributed by atoms with Crippen molar-refractivity contribution < 1.29 is 0 Å². The molecule has 0 aliphatic heterocycles. The third-order valence-electron chi connectivity index (χ3n) is 5.72. The summed E-state index contributed by atoms with van der Waals surface area (Å²) < 4.78 is 0. The van der Waals surface area contributed by atoms with Crippen LogP contribution >= 0.6 is 0 Å². The maximum absolute atomic E-state index is 11.3. The number of hydrogen-bond donors (Lipinski definition) is 1. The first-order chi connectivity index (χ1) is 12.1. The standard InChI is InChI=1S/C23H28N2O/c1-15(2)16-7-10-20(21(13-16)25-26)24-17-8-9-18-19(14-17)23(5,6)12-11-22(18,3)4/h7-10,13-14,24H,1,11-12H2,2-6H3. The minimum Gasteiger partial charge on any atom is -0.354 e. The minimum atomic E-state index is 0.151. The number of allylic oxidation sites excluding steroid dienone is 1. The zero-order valence-electron chi connectivity index (χ0n) is 16.4. The van der Waals surface area contributed by atoms with Crippen LogP contribution in [0.5, 0.6) is 0 Å². The Morgan fingerprint density at radius 2 is 1.65 bits per heavy atom. The van der Waals surface area contributed by atoms with E-state index in [1.165, 1.54) is 24.0 Å². The zero-order chi connectivity index (χ0) is 19.1. The van der Waals surface area contributed by atoms with Gasteiger partial charge in [0.2, 0.25) is 0 Å². The lowest BCUT2D eigenvalue weighted by Gasteiger charge is -2.42. The number of rotatable bonds is 4. The number of hydrogen-bond acceptors (Lipinski definition) is 3. The summed E-state index contributed by atoms with van der Waals surface area (Å²) in [6.45, 7) is 15.1. The summed E-state index contributed by atoms with van der Waals surface area (Å²) in [5, 5.41) is 6.58. The van der Waals surface area contributed by atoms with Gasteiger partial charge in [0.1, 0.15) is 5.69 Å². The Hall–Kier alpha value is -2.42. The van der Waals surface area contributed by atoms with Gasteiger partial charge in [-0.05, 0) is 76.7 Å². The molecule has 0 saturated heterocycles. The third kappa shape index (κ3) is 3.31. The summed E-state index contributed by atoms with van der Waals surface area (Å²) >= 11 is 0. The quantitative estimate of drug-likeness (QED) is 0.593. The van der Waals surface area contributed by atoms with Crippen molar-refractivity contribution in [1.82, 2.24) is 0 Å². The van der Waals surface area contributed by atoms with E-state index in [1.54, 1.807) is 6.07 Å². The van der Waals surface area contributed by atoms with E-state index in [0.29, 0.717) is 5.69 Å². The van der Waals surface area contributed by atoms with Crippen LogP contribution in [0.2, 0.25) is 0 Å². The maximum atomic E-state index is 11.3. The van der Waals surface area contributed by atoms with E-state index in [0.717, 1.165) is 22.5 Å². The Kier molecular flexibility index (Phi) is 4.51. The number of nitroso groups, excluding NO2 is 1. The fourth-order valence-corrected chi connectivity index (χ4v) is 3.80. The zero-order valence-corrected chi connectivity index (χ0v) is 16.4. The molecule has 0 bridgehead atoms. The van der Waals surface area contributed by atoms with Crippen LogP contribution < -0.4 is 5.32 Å². The first-order valence-electron chi connectivity index (χ1n) is 9.19. The van der Waals surface area contributed by atoms with E-state index in [9.17, 15) is 4.91 Å². The van der Waals surface area contributed by atoms with Crippen LogP contribution in [-0.4, -0.2) is 0 Å². The highest BCUT2D eigenvalue weighted by Gasteiger charge is 2.36. The van der Waals surface area contributed by atoms with Gasteiger partial charge in [0.05, 0.1) is 5.69 Å². The average Bonchev–Trinajstić information content (AvgIpc) is 2.59. The molecular formula is C23H28N2O. The molecule has 3 nitrogen and oxygen atoms in total. The Morgan fingerprint density at radius 1 is 1.00 bits per heavy atom. The Balaban J connectivity index is 2.00. The van der Waals surface area contributed by atoms with E-state index in [1.807, 2.05) is 19.1 Å². The molecule has 2 aromatic rings. The van der Waals surface area contributed by atoms with Crippen LogP contribution in [0, 0.1) is 4.91 Å². The molecule has 1 N–H and O–H groups in total. The van der Waals surface area contributed by atoms with E-state index >= 15 is 0 Å². The molecule has 3 heteroatoms. The molecule has 0 saturated carbocycles. The summed E-state index contributed by atoms with van der Waals surface area (Å²) in [4.78, 5) is 11.3. The van der Waals surface area contributed by atoms with Gasteiger partial charge >= 0.3 is 0 Å². The first kappa shape index (κ1) is 18.4. The summed E-state index contributed by atoms with van der Waals surface area (Å²) in [5.41, 5.74) is 7.12. The van der Waals surface area contributed by atoms with Crippen LogP contribution in [0.4, 0.5) is 17.1 Å². The minimum absolute atomic E-state index is 0.151. The second-order valence-electron chi connectivity index (χ2n) is 8.76. The lowest BCUT2D eigenvalue weighted by molar-refractivity contribution is 0.332. The fourth-order valence-electron chi connectivity index (χ4n) is 3.80. The second kappa shape index (κ2) is 6.39. The third-order valence-corrected chi connectivity index (χ3v) is 5.72. The summed E-state index contributed by atoms with van der Waals surface area (Å²) in [5.74, 6) is 0. The van der Waals surface area contributed by atoms with E-state index < -0.39 is 0 Å².